The van der Waals surface area contributed by atoms with E-state index >= 15 is 0 Å². The first-order valence-corrected chi connectivity index (χ1v) is 18.6. The molecule has 42 heavy (non-hydrogen) atoms. The molecule has 0 aliphatic heterocycles. The van der Waals surface area contributed by atoms with E-state index in [-0.39, 0.29) is 17.3 Å². The summed E-state index contributed by atoms with van der Waals surface area (Å²) in [6.45, 7) is 9.49. The average molecular weight is 604 g/mol. The fourth-order valence-electron chi connectivity index (χ4n) is 4.43. The summed E-state index contributed by atoms with van der Waals surface area (Å²) in [5.74, 6) is -0.787. The number of carbonyl (C=O) groups excluding carboxylic acids is 1. The molecular weight excluding hydrogens is 571 g/mol. The Balaban J connectivity index is 1.64. The van der Waals surface area contributed by atoms with Gasteiger partial charge in [0.15, 0.2) is 5.65 Å². The molecule has 0 saturated carbocycles. The van der Waals surface area contributed by atoms with Crippen molar-refractivity contribution in [3.8, 4) is 22.4 Å². The van der Waals surface area contributed by atoms with Crippen molar-refractivity contribution in [2.75, 3.05) is 13.7 Å². The molecule has 0 bridgehead atoms. The molecule has 5 aromatic rings. The molecule has 0 atom stereocenters. The Morgan fingerprint density at radius 1 is 1.00 bits per heavy atom. The number of ether oxygens (including phenoxy) is 2. The second kappa shape index (κ2) is 11.6. The summed E-state index contributed by atoms with van der Waals surface area (Å²) in [4.78, 5) is 21.8. The number of aromatic nitrogens is 5. The summed E-state index contributed by atoms with van der Waals surface area (Å²) in [6, 6.07) is 14.6. The van der Waals surface area contributed by atoms with Gasteiger partial charge in [-0.25, -0.2) is 26.9 Å². The van der Waals surface area contributed by atoms with Crippen LogP contribution in [0.5, 0.6) is 0 Å². The lowest BCUT2D eigenvalue weighted by Gasteiger charge is -2.15. The maximum atomic E-state index is 13.7. The third-order valence-corrected chi connectivity index (χ3v) is 10.2. The second-order valence-electron chi connectivity index (χ2n) is 11.3. The molecule has 0 aliphatic carbocycles. The van der Waals surface area contributed by atoms with Crippen molar-refractivity contribution in [3.63, 3.8) is 0 Å². The van der Waals surface area contributed by atoms with Crippen LogP contribution in [0.3, 0.4) is 0 Å². The molecule has 0 radical (unpaired) electrons. The topological polar surface area (TPSA) is 118 Å². The number of nitrogens with zero attached hydrogens (tertiary/aromatic N) is 5. The van der Waals surface area contributed by atoms with Gasteiger partial charge in [0.05, 0.1) is 12.0 Å². The first kappa shape index (κ1) is 29.4. The summed E-state index contributed by atoms with van der Waals surface area (Å²) >= 11 is 0. The molecular formula is C30H33N5O5SSi. The van der Waals surface area contributed by atoms with E-state index in [0.29, 0.717) is 28.9 Å². The van der Waals surface area contributed by atoms with Gasteiger partial charge < -0.3 is 9.47 Å². The van der Waals surface area contributed by atoms with E-state index in [2.05, 4.69) is 24.6 Å². The Kier molecular flexibility index (Phi) is 8.13. The van der Waals surface area contributed by atoms with Crippen LogP contribution in [-0.4, -0.2) is 59.9 Å². The zero-order chi connectivity index (χ0) is 30.1. The molecule has 0 N–H and O–H groups in total. The van der Waals surface area contributed by atoms with Crippen molar-refractivity contribution in [2.45, 2.75) is 44.2 Å². The van der Waals surface area contributed by atoms with Crippen molar-refractivity contribution < 1.29 is 22.7 Å². The van der Waals surface area contributed by atoms with E-state index < -0.39 is 24.1 Å². The lowest BCUT2D eigenvalue weighted by Crippen LogP contribution is -2.22. The third-order valence-electron chi connectivity index (χ3n) is 6.82. The van der Waals surface area contributed by atoms with Gasteiger partial charge in [-0.3, -0.25) is 4.98 Å². The summed E-state index contributed by atoms with van der Waals surface area (Å²) in [7, 11) is -4.20. The van der Waals surface area contributed by atoms with Crippen molar-refractivity contribution in [3.05, 3.63) is 84.6 Å². The van der Waals surface area contributed by atoms with Crippen LogP contribution in [-0.2, 0) is 26.2 Å². The Morgan fingerprint density at radius 3 is 2.43 bits per heavy atom. The van der Waals surface area contributed by atoms with Crippen molar-refractivity contribution in [1.82, 2.24) is 23.7 Å². The minimum absolute atomic E-state index is 0.0483. The van der Waals surface area contributed by atoms with Crippen molar-refractivity contribution >= 4 is 35.1 Å². The number of aryl methyl sites for hydroxylation is 1. The van der Waals surface area contributed by atoms with Gasteiger partial charge >= 0.3 is 5.97 Å². The number of hydrogen-bond donors (Lipinski definition) is 0. The molecule has 0 saturated heterocycles. The highest BCUT2D eigenvalue weighted by Gasteiger charge is 2.27. The molecule has 10 nitrogen and oxygen atoms in total. The van der Waals surface area contributed by atoms with E-state index in [1.807, 2.05) is 25.1 Å². The highest BCUT2D eigenvalue weighted by Crippen LogP contribution is 2.33. The van der Waals surface area contributed by atoms with E-state index in [0.717, 1.165) is 26.7 Å². The molecule has 4 heterocycles. The predicted octanol–water partition coefficient (Wildman–Crippen LogP) is 5.61. The third kappa shape index (κ3) is 6.05. The van der Waals surface area contributed by atoms with Crippen LogP contribution in [0, 0.1) is 6.92 Å². The first-order valence-electron chi connectivity index (χ1n) is 13.5. The van der Waals surface area contributed by atoms with E-state index in [1.54, 1.807) is 35.4 Å². The number of fused-ring (bicyclic) bond motifs is 1. The highest BCUT2D eigenvalue weighted by molar-refractivity contribution is 7.90. The highest BCUT2D eigenvalue weighted by atomic mass is 32.2. The lowest BCUT2D eigenvalue weighted by molar-refractivity contribution is 0.0592. The molecule has 12 heteroatoms. The monoisotopic (exact) mass is 603 g/mol. The van der Waals surface area contributed by atoms with Crippen molar-refractivity contribution in [2.24, 2.45) is 0 Å². The standard InChI is InChI=1S/C30H33N5O5SSi/c1-21-8-10-25(11-9-21)41(37,38)35-19-24(16-27(35)30(36)39-2)28-26-15-23(22-7-6-12-31-17-22)18-32-29(26)34(33-28)20-40-13-14-42(3,4)5/h6-12,15-19H,13-14,20H2,1-5H3. The number of benzene rings is 1. The number of hydrogen-bond acceptors (Lipinski definition) is 8. The van der Waals surface area contributed by atoms with E-state index in [4.69, 9.17) is 19.6 Å². The van der Waals surface area contributed by atoms with Crippen LogP contribution in [0.15, 0.2) is 78.2 Å². The van der Waals surface area contributed by atoms with Gasteiger partial charge in [-0.05, 0) is 43.3 Å². The number of methoxy groups -OCH3 is 1. The van der Waals surface area contributed by atoms with Gasteiger partial charge in [-0.2, -0.15) is 5.10 Å². The van der Waals surface area contributed by atoms with Gasteiger partial charge in [0, 0.05) is 61.5 Å². The minimum atomic E-state index is -4.12. The maximum Gasteiger partial charge on any atom is 0.355 e. The molecule has 0 amide bonds. The van der Waals surface area contributed by atoms with Gasteiger partial charge in [0.2, 0.25) is 0 Å². The van der Waals surface area contributed by atoms with Crippen LogP contribution in [0.1, 0.15) is 16.1 Å². The summed E-state index contributed by atoms with van der Waals surface area (Å²) in [5.41, 5.74) is 3.90. The van der Waals surface area contributed by atoms with Gasteiger partial charge in [-0.1, -0.05) is 43.4 Å². The summed E-state index contributed by atoms with van der Waals surface area (Å²) < 4.78 is 40.9. The minimum Gasteiger partial charge on any atom is -0.464 e. The fourth-order valence-corrected chi connectivity index (χ4v) is 6.54. The molecule has 0 fully saturated rings. The smallest absolute Gasteiger partial charge is 0.355 e. The molecule has 0 spiro atoms. The fraction of sp³-hybridized carbons (Fsp3) is 0.267. The number of esters is 1. The molecule has 5 rings (SSSR count). The van der Waals surface area contributed by atoms with Crippen LogP contribution < -0.4 is 0 Å². The van der Waals surface area contributed by atoms with Crippen LogP contribution in [0.4, 0.5) is 0 Å². The maximum absolute atomic E-state index is 13.7. The van der Waals surface area contributed by atoms with Crippen molar-refractivity contribution in [1.29, 1.82) is 0 Å². The normalized spacial score (nSPS) is 12.1. The largest absolute Gasteiger partial charge is 0.464 e. The average Bonchev–Trinajstić information content (AvgIpc) is 3.57. The zero-order valence-electron chi connectivity index (χ0n) is 24.2. The lowest BCUT2D eigenvalue weighted by atomic mass is 10.1. The number of carbonyl (C=O) groups is 1. The number of pyridine rings is 2. The SMILES string of the molecule is COC(=O)c1cc(-c2nn(COCC[Si](C)(C)C)c3ncc(-c4cccnc4)cc23)cn1S(=O)(=O)c1ccc(C)cc1. The zero-order valence-corrected chi connectivity index (χ0v) is 26.1. The Bertz CT molecular complexity index is 1840. The summed E-state index contributed by atoms with van der Waals surface area (Å²) in [6.07, 6.45) is 6.58. The molecule has 1 aromatic carbocycles. The Hall–Kier alpha value is -4.13. The predicted molar refractivity (Wildman–Crippen MR) is 163 cm³/mol. The summed E-state index contributed by atoms with van der Waals surface area (Å²) in [5, 5.41) is 5.47. The Morgan fingerprint density at radius 2 is 1.76 bits per heavy atom. The quantitative estimate of drug-likeness (QED) is 0.115. The molecule has 0 unspecified atom stereocenters. The van der Waals surface area contributed by atoms with Gasteiger partial charge in [0.1, 0.15) is 18.1 Å². The Labute approximate surface area is 246 Å². The van der Waals surface area contributed by atoms with Crippen LogP contribution in [0.25, 0.3) is 33.4 Å². The van der Waals surface area contributed by atoms with Gasteiger partial charge in [-0.15, -0.1) is 0 Å². The molecule has 0 aliphatic rings. The molecule has 218 valence electrons. The van der Waals surface area contributed by atoms with Crippen LogP contribution >= 0.6 is 0 Å². The number of rotatable bonds is 10. The molecule has 4 aromatic heterocycles. The second-order valence-corrected chi connectivity index (χ2v) is 18.7. The first-order chi connectivity index (χ1) is 20.0. The van der Waals surface area contributed by atoms with E-state index in [9.17, 15) is 13.2 Å². The van der Waals surface area contributed by atoms with E-state index in [1.165, 1.54) is 31.5 Å². The van der Waals surface area contributed by atoms with Crippen LogP contribution in [0.2, 0.25) is 25.7 Å². The van der Waals surface area contributed by atoms with Gasteiger partial charge in [0.25, 0.3) is 10.0 Å².